The van der Waals surface area contributed by atoms with Crippen LogP contribution in [0.1, 0.15) is 17.4 Å². The van der Waals surface area contributed by atoms with E-state index < -0.39 is 12.1 Å². The molecule has 0 spiro atoms. The van der Waals surface area contributed by atoms with E-state index in [0.29, 0.717) is 11.3 Å². The van der Waals surface area contributed by atoms with Gasteiger partial charge in [0.05, 0.1) is 30.4 Å². The van der Waals surface area contributed by atoms with Crippen molar-refractivity contribution >= 4 is 17.4 Å². The molecule has 7 heteroatoms. The minimum absolute atomic E-state index is 0.175. The largest absolute Gasteiger partial charge is 0.395 e. The zero-order valence-electron chi connectivity index (χ0n) is 10.1. The van der Waals surface area contributed by atoms with E-state index in [-0.39, 0.29) is 30.6 Å². The van der Waals surface area contributed by atoms with Gasteiger partial charge in [0.25, 0.3) is 0 Å². The number of aromatic nitrogens is 1. The van der Waals surface area contributed by atoms with E-state index in [1.165, 1.54) is 0 Å². The van der Waals surface area contributed by atoms with Crippen molar-refractivity contribution in [3.05, 3.63) is 22.3 Å². The molecule has 0 radical (unpaired) electrons. The number of nitrogens with one attached hydrogen (secondary N) is 1. The lowest BCUT2D eigenvalue weighted by atomic mass is 10.1. The average molecular weight is 276 g/mol. The molecule has 0 saturated carbocycles. The van der Waals surface area contributed by atoms with Gasteiger partial charge in [-0.05, 0) is 13.0 Å². The minimum Gasteiger partial charge on any atom is -0.395 e. The number of aryl methyl sites for hydroxylation is 1. The van der Waals surface area contributed by atoms with Crippen LogP contribution in [0.5, 0.6) is 0 Å². The lowest BCUT2D eigenvalue weighted by Crippen LogP contribution is -2.38. The molecule has 0 unspecified atom stereocenters. The molecule has 1 rings (SSSR count). The first-order valence-electron chi connectivity index (χ1n) is 5.55. The molecule has 0 saturated heterocycles. The fraction of sp³-hybridized carbons (Fsp3) is 0.545. The van der Waals surface area contributed by atoms with Crippen LogP contribution in [0.15, 0.2) is 6.07 Å². The molecule has 0 aliphatic rings. The van der Waals surface area contributed by atoms with Crippen LogP contribution in [-0.4, -0.2) is 46.1 Å². The van der Waals surface area contributed by atoms with Crippen LogP contribution < -0.4 is 11.1 Å². The molecule has 1 aromatic heterocycles. The number of hydrogen-bond donors (Lipinski definition) is 5. The molecule has 1 heterocycles. The summed E-state index contributed by atoms with van der Waals surface area (Å²) in [4.78, 5) is 4.02. The fourth-order valence-corrected chi connectivity index (χ4v) is 1.69. The maximum absolute atomic E-state index is 9.99. The Bertz CT molecular complexity index is 399. The summed E-state index contributed by atoms with van der Waals surface area (Å²) in [5, 5.41) is 30.9. The topological polar surface area (TPSA) is 112 Å². The summed E-state index contributed by atoms with van der Waals surface area (Å²) in [7, 11) is 0. The van der Waals surface area contributed by atoms with Gasteiger partial charge >= 0.3 is 0 Å². The Morgan fingerprint density at radius 2 is 2.06 bits per heavy atom. The summed E-state index contributed by atoms with van der Waals surface area (Å²) < 4.78 is 0. The van der Waals surface area contributed by atoms with E-state index in [1.807, 2.05) is 0 Å². The van der Waals surface area contributed by atoms with E-state index in [9.17, 15) is 5.11 Å². The normalized spacial score (nSPS) is 13.0. The highest BCUT2D eigenvalue weighted by Gasteiger charge is 2.15. The second kappa shape index (κ2) is 6.86. The van der Waals surface area contributed by atoms with Gasteiger partial charge < -0.3 is 26.4 Å². The monoisotopic (exact) mass is 275 g/mol. The summed E-state index contributed by atoms with van der Waals surface area (Å²) in [6.07, 6.45) is -0.837. The molecule has 0 aromatic carbocycles. The highest BCUT2D eigenvalue weighted by atomic mass is 35.5. The highest BCUT2D eigenvalue weighted by Crippen LogP contribution is 2.24. The average Bonchev–Trinajstić information content (AvgIpc) is 2.34. The Balaban J connectivity index is 2.72. The second-order valence-electron chi connectivity index (χ2n) is 4.02. The van der Waals surface area contributed by atoms with Crippen LogP contribution in [-0.2, 0) is 0 Å². The number of hydrogen-bond acceptors (Lipinski definition) is 6. The summed E-state index contributed by atoms with van der Waals surface area (Å²) in [5.41, 5.74) is 6.71. The van der Waals surface area contributed by atoms with Crippen LogP contribution in [0.25, 0.3) is 0 Å². The Kier molecular flexibility index (Phi) is 5.77. The predicted octanol–water partition coefficient (Wildman–Crippen LogP) is -0.398. The van der Waals surface area contributed by atoms with Crippen LogP contribution in [0.3, 0.4) is 0 Å². The van der Waals surface area contributed by atoms with Gasteiger partial charge in [0.15, 0.2) is 0 Å². The van der Waals surface area contributed by atoms with Crippen molar-refractivity contribution in [3.63, 3.8) is 0 Å². The fourth-order valence-electron chi connectivity index (χ4n) is 1.53. The number of nitrogens with zero attached hydrogens (tertiary/aromatic N) is 1. The second-order valence-corrected chi connectivity index (χ2v) is 4.42. The molecule has 0 aliphatic carbocycles. The van der Waals surface area contributed by atoms with Crippen LogP contribution in [0.4, 0.5) is 5.82 Å². The zero-order chi connectivity index (χ0) is 13.7. The predicted molar refractivity (Wildman–Crippen MR) is 69.3 cm³/mol. The number of aliphatic hydroxyl groups is 3. The number of pyridine rings is 1. The van der Waals surface area contributed by atoms with Crippen molar-refractivity contribution in [2.24, 2.45) is 0 Å². The Morgan fingerprint density at radius 3 is 2.61 bits per heavy atom. The minimum atomic E-state index is -0.837. The maximum Gasteiger partial charge on any atom is 0.142 e. The summed E-state index contributed by atoms with van der Waals surface area (Å²) in [6, 6.07) is 1.11. The van der Waals surface area contributed by atoms with E-state index in [1.54, 1.807) is 13.0 Å². The zero-order valence-corrected chi connectivity index (χ0v) is 10.9. The molecule has 18 heavy (non-hydrogen) atoms. The number of aliphatic hydroxyl groups excluding tert-OH is 3. The first kappa shape index (κ1) is 15.1. The molecular formula is C11H18ClN3O3. The van der Waals surface area contributed by atoms with E-state index in [4.69, 9.17) is 27.5 Å². The van der Waals surface area contributed by atoms with Crippen molar-refractivity contribution in [2.45, 2.75) is 19.1 Å². The number of halogens is 1. The molecule has 102 valence electrons. The van der Waals surface area contributed by atoms with Gasteiger partial charge in [-0.25, -0.2) is 4.98 Å². The first-order valence-corrected chi connectivity index (χ1v) is 5.93. The number of nitrogens with two attached hydrogens (primary N) is 1. The Morgan fingerprint density at radius 1 is 1.44 bits per heavy atom. The molecule has 0 fully saturated rings. The van der Waals surface area contributed by atoms with E-state index in [0.717, 1.165) is 0 Å². The maximum atomic E-state index is 9.99. The van der Waals surface area contributed by atoms with Crippen molar-refractivity contribution in [1.29, 1.82) is 0 Å². The van der Waals surface area contributed by atoms with Gasteiger partial charge in [-0.15, -0.1) is 0 Å². The third-order valence-corrected chi connectivity index (χ3v) is 2.94. The van der Waals surface area contributed by atoms with Gasteiger partial charge in [-0.1, -0.05) is 11.6 Å². The van der Waals surface area contributed by atoms with Crippen molar-refractivity contribution in [1.82, 2.24) is 10.3 Å². The molecule has 1 atom stereocenters. The number of anilines is 1. The van der Waals surface area contributed by atoms with Gasteiger partial charge in [0, 0.05) is 17.8 Å². The Labute approximate surface area is 110 Å². The van der Waals surface area contributed by atoms with Gasteiger partial charge in [-0.3, -0.25) is 0 Å². The van der Waals surface area contributed by atoms with Gasteiger partial charge in [0.2, 0.25) is 0 Å². The molecule has 6 nitrogen and oxygen atoms in total. The molecule has 0 aliphatic heterocycles. The quantitative estimate of drug-likeness (QED) is 0.483. The summed E-state index contributed by atoms with van der Waals surface area (Å²) in [6.45, 7) is 1.49. The SMILES string of the molecule is Cc1nc(N)c(Cl)cc1[C@@H](O)CNC(CO)CO. The number of rotatable bonds is 6. The van der Waals surface area contributed by atoms with Crippen molar-refractivity contribution < 1.29 is 15.3 Å². The molecule has 1 aromatic rings. The summed E-state index contributed by atoms with van der Waals surface area (Å²) in [5.74, 6) is 0.224. The number of nitrogen functional groups attached to an aromatic ring is 1. The van der Waals surface area contributed by atoms with Gasteiger partial charge in [-0.2, -0.15) is 0 Å². The Hall–Kier alpha value is -0.920. The third kappa shape index (κ3) is 3.79. The van der Waals surface area contributed by atoms with E-state index >= 15 is 0 Å². The molecule has 6 N–H and O–H groups in total. The van der Waals surface area contributed by atoms with Crippen LogP contribution in [0.2, 0.25) is 5.02 Å². The highest BCUT2D eigenvalue weighted by molar-refractivity contribution is 6.32. The third-order valence-electron chi connectivity index (χ3n) is 2.63. The lowest BCUT2D eigenvalue weighted by Gasteiger charge is -2.18. The molecular weight excluding hydrogens is 258 g/mol. The standard InChI is InChI=1S/C11H18ClN3O3/c1-6-8(2-9(12)11(13)15-6)10(18)3-14-7(4-16)5-17/h2,7,10,14,16-18H,3-5H2,1H3,(H2,13,15)/t10-/m0/s1. The smallest absolute Gasteiger partial charge is 0.142 e. The molecule has 0 bridgehead atoms. The summed E-state index contributed by atoms with van der Waals surface area (Å²) >= 11 is 5.85. The van der Waals surface area contributed by atoms with E-state index in [2.05, 4.69) is 10.3 Å². The van der Waals surface area contributed by atoms with Crippen LogP contribution in [0, 0.1) is 6.92 Å². The first-order chi connectivity index (χ1) is 8.49. The van der Waals surface area contributed by atoms with Crippen molar-refractivity contribution in [3.8, 4) is 0 Å². The van der Waals surface area contributed by atoms with Crippen LogP contribution >= 0.6 is 11.6 Å². The van der Waals surface area contributed by atoms with Crippen molar-refractivity contribution in [2.75, 3.05) is 25.5 Å². The lowest BCUT2D eigenvalue weighted by molar-refractivity contribution is 0.134. The molecule has 0 amide bonds. The van der Waals surface area contributed by atoms with Gasteiger partial charge in [0.1, 0.15) is 5.82 Å².